The fourth-order valence-corrected chi connectivity index (χ4v) is 4.73. The number of H-pyrrole nitrogens is 1. The van der Waals surface area contributed by atoms with E-state index in [-0.39, 0.29) is 11.3 Å². The first-order valence-corrected chi connectivity index (χ1v) is 11.1. The van der Waals surface area contributed by atoms with Gasteiger partial charge in [-0.25, -0.2) is 0 Å². The summed E-state index contributed by atoms with van der Waals surface area (Å²) in [5, 5.41) is 11.0. The van der Waals surface area contributed by atoms with Gasteiger partial charge >= 0.3 is 6.18 Å². The van der Waals surface area contributed by atoms with Crippen molar-refractivity contribution >= 4 is 16.8 Å². The van der Waals surface area contributed by atoms with Gasteiger partial charge in [0.25, 0.3) is 5.91 Å². The van der Waals surface area contributed by atoms with E-state index >= 15 is 0 Å². The average molecular weight is 480 g/mol. The van der Waals surface area contributed by atoms with E-state index in [0.29, 0.717) is 24.3 Å². The van der Waals surface area contributed by atoms with Gasteiger partial charge < -0.3 is 10.2 Å². The Balaban J connectivity index is 1.40. The lowest BCUT2D eigenvalue weighted by Gasteiger charge is -2.23. The number of likely N-dealkylation sites (N-methyl/N-ethyl adjacent to an activating group) is 1. The van der Waals surface area contributed by atoms with E-state index in [4.69, 9.17) is 0 Å². The summed E-state index contributed by atoms with van der Waals surface area (Å²) < 4.78 is 40.9. The number of alkyl halides is 3. The van der Waals surface area contributed by atoms with Gasteiger partial charge in [-0.15, -0.1) is 0 Å². The lowest BCUT2D eigenvalue weighted by atomic mass is 9.90. The van der Waals surface area contributed by atoms with E-state index in [9.17, 15) is 18.0 Å². The average Bonchev–Trinajstić information content (AvgIpc) is 3.41. The maximum Gasteiger partial charge on any atom is 0.416 e. The number of amides is 1. The number of carbonyl (C=O) groups is 1. The molecule has 2 N–H and O–H groups in total. The predicted molar refractivity (Wildman–Crippen MR) is 125 cm³/mol. The van der Waals surface area contributed by atoms with Crippen LogP contribution in [0.15, 0.2) is 54.9 Å². The third-order valence-electron chi connectivity index (χ3n) is 6.33. The highest BCUT2D eigenvalue weighted by Crippen LogP contribution is 2.38. The van der Waals surface area contributed by atoms with Gasteiger partial charge in [0.15, 0.2) is 0 Å². The summed E-state index contributed by atoms with van der Waals surface area (Å²) in [6.07, 6.45) is -1.19. The summed E-state index contributed by atoms with van der Waals surface area (Å²) in [5.74, 6) is -0.947. The van der Waals surface area contributed by atoms with Crippen molar-refractivity contribution in [3.63, 3.8) is 0 Å². The summed E-state index contributed by atoms with van der Waals surface area (Å²) in [6, 6.07) is 10.4. The first kappa shape index (κ1) is 23.0. The number of likely N-dealkylation sites (tertiary alicyclic amines) is 1. The minimum atomic E-state index is -4.47. The molecule has 0 spiro atoms. The van der Waals surface area contributed by atoms with Gasteiger partial charge in [0.05, 0.1) is 11.1 Å². The van der Waals surface area contributed by atoms with Gasteiger partial charge in [-0.05, 0) is 43.8 Å². The van der Waals surface area contributed by atoms with Gasteiger partial charge in [-0.1, -0.05) is 18.2 Å². The Morgan fingerprint density at radius 1 is 1.14 bits per heavy atom. The SMILES string of the molecule is Cc1cc(-c2n[nH]c3cc(C(=O)N[C@H]4CN(C)C[C@@H]4c4ccccc4C(F)(F)F)ncc23)ccn1. The number of rotatable bonds is 4. The van der Waals surface area contributed by atoms with Crippen LogP contribution in [0.4, 0.5) is 13.2 Å². The van der Waals surface area contributed by atoms with Gasteiger partial charge in [-0.3, -0.25) is 19.9 Å². The number of fused-ring (bicyclic) bond motifs is 1. The molecule has 10 heteroatoms. The maximum absolute atomic E-state index is 13.6. The molecule has 2 atom stereocenters. The summed E-state index contributed by atoms with van der Waals surface area (Å²) in [5.41, 5.74) is 2.74. The molecule has 0 radical (unpaired) electrons. The number of hydrogen-bond acceptors (Lipinski definition) is 5. The first-order valence-electron chi connectivity index (χ1n) is 11.1. The van der Waals surface area contributed by atoms with Crippen LogP contribution < -0.4 is 5.32 Å². The summed E-state index contributed by atoms with van der Waals surface area (Å²) in [6.45, 7) is 2.72. The Labute approximate surface area is 199 Å². The number of benzene rings is 1. The Morgan fingerprint density at radius 2 is 1.94 bits per heavy atom. The predicted octanol–water partition coefficient (Wildman–Crippen LogP) is 4.17. The van der Waals surface area contributed by atoms with E-state index in [1.807, 2.05) is 31.0 Å². The second-order valence-corrected chi connectivity index (χ2v) is 8.87. The highest BCUT2D eigenvalue weighted by Gasteiger charge is 2.40. The fourth-order valence-electron chi connectivity index (χ4n) is 4.73. The Bertz CT molecular complexity index is 1400. The highest BCUT2D eigenvalue weighted by atomic mass is 19.4. The number of nitrogens with one attached hydrogen (secondary N) is 2. The lowest BCUT2D eigenvalue weighted by molar-refractivity contribution is -0.138. The molecule has 1 aliphatic heterocycles. The number of aromatic amines is 1. The molecule has 35 heavy (non-hydrogen) atoms. The zero-order valence-corrected chi connectivity index (χ0v) is 19.1. The fraction of sp³-hybridized carbons (Fsp3) is 0.280. The van der Waals surface area contributed by atoms with Crippen LogP contribution in [-0.2, 0) is 6.18 Å². The van der Waals surface area contributed by atoms with Crippen molar-refractivity contribution in [1.29, 1.82) is 0 Å². The monoisotopic (exact) mass is 480 g/mol. The minimum Gasteiger partial charge on any atom is -0.346 e. The molecular formula is C25H23F3N6O. The summed E-state index contributed by atoms with van der Waals surface area (Å²) >= 11 is 0. The number of aryl methyl sites for hydroxylation is 1. The van der Waals surface area contributed by atoms with E-state index < -0.39 is 29.6 Å². The van der Waals surface area contributed by atoms with Gasteiger partial charge in [-0.2, -0.15) is 18.3 Å². The van der Waals surface area contributed by atoms with E-state index in [1.165, 1.54) is 12.1 Å². The molecular weight excluding hydrogens is 457 g/mol. The number of pyridine rings is 2. The molecule has 180 valence electrons. The van der Waals surface area contributed by atoms with E-state index in [2.05, 4.69) is 25.5 Å². The third kappa shape index (κ3) is 4.49. The largest absolute Gasteiger partial charge is 0.416 e. The first-order chi connectivity index (χ1) is 16.7. The normalized spacial score (nSPS) is 18.8. The van der Waals surface area contributed by atoms with Crippen molar-refractivity contribution in [2.24, 2.45) is 0 Å². The number of hydrogen-bond donors (Lipinski definition) is 2. The standard InChI is InChI=1S/C25H23F3N6O/c1-14-9-15(7-8-29-14)23-17-11-30-21(10-20(17)32-33-23)24(35)31-22-13-34(2)12-18(22)16-5-3-4-6-19(16)25(26,27)28/h3-11,18,22H,12-13H2,1-2H3,(H,31,35)(H,32,33)/t18-,22+/m1/s1. The quantitative estimate of drug-likeness (QED) is 0.458. The second-order valence-electron chi connectivity index (χ2n) is 8.87. The molecule has 3 aromatic heterocycles. The zero-order valence-electron chi connectivity index (χ0n) is 19.1. The van der Waals surface area contributed by atoms with Crippen LogP contribution in [0.3, 0.4) is 0 Å². The van der Waals surface area contributed by atoms with E-state index in [0.717, 1.165) is 22.7 Å². The number of nitrogens with zero attached hydrogens (tertiary/aromatic N) is 4. The van der Waals surface area contributed by atoms with Crippen LogP contribution >= 0.6 is 0 Å². The van der Waals surface area contributed by atoms with Crippen molar-refractivity contribution in [2.45, 2.75) is 25.1 Å². The van der Waals surface area contributed by atoms with Gasteiger partial charge in [0.2, 0.25) is 0 Å². The van der Waals surface area contributed by atoms with E-state index in [1.54, 1.807) is 24.5 Å². The topological polar surface area (TPSA) is 86.8 Å². The van der Waals surface area contributed by atoms with Crippen molar-refractivity contribution in [3.05, 3.63) is 77.4 Å². The molecule has 1 fully saturated rings. The lowest BCUT2D eigenvalue weighted by Crippen LogP contribution is -2.40. The molecule has 1 aromatic carbocycles. The molecule has 1 amide bonds. The Morgan fingerprint density at radius 3 is 2.71 bits per heavy atom. The highest BCUT2D eigenvalue weighted by molar-refractivity contribution is 5.99. The zero-order chi connectivity index (χ0) is 24.7. The molecule has 1 saturated heterocycles. The molecule has 0 saturated carbocycles. The molecule has 4 heterocycles. The molecule has 1 aliphatic rings. The third-order valence-corrected chi connectivity index (χ3v) is 6.33. The number of aromatic nitrogens is 4. The van der Waals surface area contributed by atoms with Crippen LogP contribution in [0.25, 0.3) is 22.2 Å². The van der Waals surface area contributed by atoms with Crippen LogP contribution in [0.5, 0.6) is 0 Å². The van der Waals surface area contributed by atoms with Crippen molar-refractivity contribution in [3.8, 4) is 11.3 Å². The number of carbonyl (C=O) groups excluding carboxylic acids is 1. The minimum absolute atomic E-state index is 0.163. The van der Waals surface area contributed by atoms with Crippen LogP contribution in [0.1, 0.15) is 33.2 Å². The summed E-state index contributed by atoms with van der Waals surface area (Å²) in [7, 11) is 1.83. The molecule has 4 aromatic rings. The van der Waals surface area contributed by atoms with Gasteiger partial charge in [0.1, 0.15) is 11.4 Å². The smallest absolute Gasteiger partial charge is 0.346 e. The van der Waals surface area contributed by atoms with Gasteiger partial charge in [0, 0.05) is 54.1 Å². The second kappa shape index (κ2) is 8.77. The van der Waals surface area contributed by atoms with Crippen LogP contribution in [0, 0.1) is 6.92 Å². The van der Waals surface area contributed by atoms with Crippen LogP contribution in [-0.4, -0.2) is 57.2 Å². The molecule has 5 rings (SSSR count). The Hall–Kier alpha value is -3.79. The van der Waals surface area contributed by atoms with Crippen molar-refractivity contribution in [1.82, 2.24) is 30.4 Å². The van der Waals surface area contributed by atoms with Crippen molar-refractivity contribution < 1.29 is 18.0 Å². The molecule has 0 bridgehead atoms. The molecule has 0 aliphatic carbocycles. The van der Waals surface area contributed by atoms with Crippen LogP contribution in [0.2, 0.25) is 0 Å². The maximum atomic E-state index is 13.6. The van der Waals surface area contributed by atoms with Crippen molar-refractivity contribution in [2.75, 3.05) is 20.1 Å². The summed E-state index contributed by atoms with van der Waals surface area (Å²) in [4.78, 5) is 23.5. The number of halogens is 3. The Kier molecular flexibility index (Phi) is 5.76. The molecule has 0 unspecified atom stereocenters. The molecule has 7 nitrogen and oxygen atoms in total.